The minimum Gasteiger partial charge on any atom is -0.293 e. The molecule has 0 heterocycles. The lowest BCUT2D eigenvalue weighted by atomic mass is 10.1. The van der Waals surface area contributed by atoms with E-state index in [1.807, 2.05) is 0 Å². The molecule has 0 fully saturated rings. The Kier molecular flexibility index (Phi) is 3.62. The first-order chi connectivity index (χ1) is 6.86. The van der Waals surface area contributed by atoms with Gasteiger partial charge in [0.05, 0.1) is 16.5 Å². The molecule has 0 radical (unpaired) electrons. The third-order valence-electron chi connectivity index (χ3n) is 1.72. The summed E-state index contributed by atoms with van der Waals surface area (Å²) in [7, 11) is 0. The van der Waals surface area contributed by atoms with E-state index in [1.54, 1.807) is 0 Å². The van der Waals surface area contributed by atoms with Crippen molar-refractivity contribution in [2.75, 3.05) is 5.88 Å². The highest BCUT2D eigenvalue weighted by Crippen LogP contribution is 2.35. The average molecular weight is 257 g/mol. The second-order valence-corrected chi connectivity index (χ2v) is 3.42. The van der Waals surface area contributed by atoms with Gasteiger partial charge in [-0.05, 0) is 18.2 Å². The fraction of sp³-hybridized carbons (Fsp3) is 0.222. The van der Waals surface area contributed by atoms with Crippen LogP contribution >= 0.6 is 23.2 Å². The molecule has 0 aliphatic rings. The van der Waals surface area contributed by atoms with Crippen molar-refractivity contribution in [1.29, 1.82) is 0 Å². The minimum absolute atomic E-state index is 0.0956. The van der Waals surface area contributed by atoms with Gasteiger partial charge in [0.2, 0.25) is 0 Å². The third-order valence-corrected chi connectivity index (χ3v) is 2.29. The molecule has 0 N–H and O–H groups in total. The van der Waals surface area contributed by atoms with Crippen LogP contribution in [0.4, 0.5) is 13.2 Å². The van der Waals surface area contributed by atoms with E-state index in [1.165, 1.54) is 6.07 Å². The summed E-state index contributed by atoms with van der Waals surface area (Å²) in [6.45, 7) is 0. The predicted molar refractivity (Wildman–Crippen MR) is 51.5 cm³/mol. The van der Waals surface area contributed by atoms with Crippen LogP contribution in [0.1, 0.15) is 15.9 Å². The standard InChI is InChI=1S/C9H5Cl2F3O/c10-4-8(15)5-1-2-7(11)6(3-5)9(12,13)14/h1-3H,4H2. The highest BCUT2D eigenvalue weighted by atomic mass is 35.5. The highest BCUT2D eigenvalue weighted by molar-refractivity contribution is 6.32. The first-order valence-electron chi connectivity index (χ1n) is 3.82. The van der Waals surface area contributed by atoms with Gasteiger partial charge in [0, 0.05) is 5.56 Å². The molecule has 0 atom stereocenters. The van der Waals surface area contributed by atoms with Crippen LogP contribution in [0, 0.1) is 0 Å². The van der Waals surface area contributed by atoms with E-state index < -0.39 is 22.5 Å². The fourth-order valence-electron chi connectivity index (χ4n) is 0.993. The second-order valence-electron chi connectivity index (χ2n) is 2.75. The van der Waals surface area contributed by atoms with Crippen molar-refractivity contribution in [2.45, 2.75) is 6.18 Å². The minimum atomic E-state index is -4.57. The number of halogens is 5. The van der Waals surface area contributed by atoms with Gasteiger partial charge in [0.1, 0.15) is 0 Å². The zero-order valence-electron chi connectivity index (χ0n) is 7.24. The number of benzene rings is 1. The Hall–Kier alpha value is -0.740. The quantitative estimate of drug-likeness (QED) is 0.582. The van der Waals surface area contributed by atoms with E-state index >= 15 is 0 Å². The Morgan fingerprint density at radius 1 is 1.33 bits per heavy atom. The Morgan fingerprint density at radius 2 is 1.93 bits per heavy atom. The predicted octanol–water partition coefficient (Wildman–Crippen LogP) is 3.78. The van der Waals surface area contributed by atoms with Crippen LogP contribution in [-0.4, -0.2) is 11.7 Å². The molecule has 0 aliphatic heterocycles. The molecule has 1 nitrogen and oxygen atoms in total. The first-order valence-corrected chi connectivity index (χ1v) is 4.73. The molecule has 0 aromatic heterocycles. The normalized spacial score (nSPS) is 11.5. The Balaban J connectivity index is 3.23. The van der Waals surface area contributed by atoms with Crippen molar-refractivity contribution in [3.05, 3.63) is 34.3 Å². The van der Waals surface area contributed by atoms with E-state index in [0.717, 1.165) is 6.07 Å². The molecular formula is C9H5Cl2F3O. The zero-order valence-corrected chi connectivity index (χ0v) is 8.75. The molecule has 0 amide bonds. The van der Waals surface area contributed by atoms with Crippen molar-refractivity contribution in [3.8, 4) is 0 Å². The number of rotatable bonds is 2. The number of hydrogen-bond donors (Lipinski definition) is 0. The largest absolute Gasteiger partial charge is 0.417 e. The molecule has 1 aromatic carbocycles. The summed E-state index contributed by atoms with van der Waals surface area (Å²) in [5.74, 6) is -0.933. The summed E-state index contributed by atoms with van der Waals surface area (Å²) in [5, 5.41) is -0.436. The summed E-state index contributed by atoms with van der Waals surface area (Å²) < 4.78 is 37.1. The van der Waals surface area contributed by atoms with Crippen LogP contribution in [0.25, 0.3) is 0 Å². The van der Waals surface area contributed by atoms with Crippen LogP contribution in [0.3, 0.4) is 0 Å². The summed E-state index contributed by atoms with van der Waals surface area (Å²) >= 11 is 10.6. The topological polar surface area (TPSA) is 17.1 Å². The highest BCUT2D eigenvalue weighted by Gasteiger charge is 2.33. The average Bonchev–Trinajstić information content (AvgIpc) is 2.15. The Labute approximate surface area is 93.8 Å². The van der Waals surface area contributed by atoms with E-state index in [-0.39, 0.29) is 11.4 Å². The summed E-state index contributed by atoms with van der Waals surface area (Å²) in [6.07, 6.45) is -4.57. The van der Waals surface area contributed by atoms with Gasteiger partial charge >= 0.3 is 6.18 Å². The SMILES string of the molecule is O=C(CCl)c1ccc(Cl)c(C(F)(F)F)c1. The molecule has 0 bridgehead atoms. The van der Waals surface area contributed by atoms with Crippen molar-refractivity contribution in [2.24, 2.45) is 0 Å². The van der Waals surface area contributed by atoms with Gasteiger partial charge in [0.25, 0.3) is 0 Å². The van der Waals surface area contributed by atoms with Crippen LogP contribution in [-0.2, 0) is 6.18 Å². The maximum Gasteiger partial charge on any atom is 0.417 e. The third kappa shape index (κ3) is 2.86. The van der Waals surface area contributed by atoms with E-state index in [0.29, 0.717) is 6.07 Å². The van der Waals surface area contributed by atoms with Gasteiger partial charge in [0.15, 0.2) is 5.78 Å². The maximum atomic E-state index is 12.4. The van der Waals surface area contributed by atoms with Crippen LogP contribution in [0.15, 0.2) is 18.2 Å². The van der Waals surface area contributed by atoms with Crippen LogP contribution in [0.2, 0.25) is 5.02 Å². The monoisotopic (exact) mass is 256 g/mol. The van der Waals surface area contributed by atoms with Gasteiger partial charge < -0.3 is 0 Å². The molecule has 0 saturated heterocycles. The Bertz CT molecular complexity index is 387. The lowest BCUT2D eigenvalue weighted by Gasteiger charge is -2.09. The zero-order chi connectivity index (χ0) is 11.6. The molecule has 0 saturated carbocycles. The number of Topliss-reactive ketones (excluding diaryl/α,β-unsaturated/α-hetero) is 1. The van der Waals surface area contributed by atoms with Gasteiger partial charge in [-0.1, -0.05) is 11.6 Å². The number of alkyl halides is 4. The number of carbonyl (C=O) groups excluding carboxylic acids is 1. The number of ketones is 1. The Morgan fingerprint density at radius 3 is 2.40 bits per heavy atom. The van der Waals surface area contributed by atoms with E-state index in [9.17, 15) is 18.0 Å². The lowest BCUT2D eigenvalue weighted by Crippen LogP contribution is -2.09. The molecule has 1 rings (SSSR count). The summed E-state index contributed by atoms with van der Waals surface area (Å²) in [5.41, 5.74) is -1.12. The molecular weight excluding hydrogens is 252 g/mol. The molecule has 6 heteroatoms. The van der Waals surface area contributed by atoms with Crippen LogP contribution < -0.4 is 0 Å². The van der Waals surface area contributed by atoms with Crippen molar-refractivity contribution in [3.63, 3.8) is 0 Å². The first kappa shape index (κ1) is 12.3. The molecule has 0 aliphatic carbocycles. The fourth-order valence-corrected chi connectivity index (χ4v) is 1.37. The molecule has 15 heavy (non-hydrogen) atoms. The van der Waals surface area contributed by atoms with Crippen molar-refractivity contribution >= 4 is 29.0 Å². The molecule has 1 aromatic rings. The molecule has 0 unspecified atom stereocenters. The molecule has 0 spiro atoms. The summed E-state index contributed by atoms with van der Waals surface area (Å²) in [6, 6.07) is 2.94. The van der Waals surface area contributed by atoms with E-state index in [4.69, 9.17) is 23.2 Å². The number of hydrogen-bond acceptors (Lipinski definition) is 1. The van der Waals surface area contributed by atoms with Gasteiger partial charge in [-0.2, -0.15) is 13.2 Å². The van der Waals surface area contributed by atoms with E-state index in [2.05, 4.69) is 0 Å². The van der Waals surface area contributed by atoms with Gasteiger partial charge in [-0.15, -0.1) is 11.6 Å². The smallest absolute Gasteiger partial charge is 0.293 e. The van der Waals surface area contributed by atoms with Crippen molar-refractivity contribution < 1.29 is 18.0 Å². The van der Waals surface area contributed by atoms with Crippen molar-refractivity contribution in [1.82, 2.24) is 0 Å². The van der Waals surface area contributed by atoms with Gasteiger partial charge in [-0.25, -0.2) is 0 Å². The maximum absolute atomic E-state index is 12.4. The van der Waals surface area contributed by atoms with Crippen LogP contribution in [0.5, 0.6) is 0 Å². The molecule has 82 valence electrons. The number of carbonyl (C=O) groups is 1. The van der Waals surface area contributed by atoms with Gasteiger partial charge in [-0.3, -0.25) is 4.79 Å². The summed E-state index contributed by atoms with van der Waals surface area (Å²) in [4.78, 5) is 11.1. The second kappa shape index (κ2) is 4.41. The lowest BCUT2D eigenvalue weighted by molar-refractivity contribution is -0.137.